The summed E-state index contributed by atoms with van der Waals surface area (Å²) in [4.78, 5) is 11.1. The molecule has 0 fully saturated rings. The molecule has 1 N–H and O–H groups in total. The van der Waals surface area contributed by atoms with Crippen LogP contribution in [0.5, 0.6) is 0 Å². The zero-order valence-electron chi connectivity index (χ0n) is 8.06. The Morgan fingerprint density at radius 1 is 1.60 bits per heavy atom. The molecule has 1 aromatic rings. The molecule has 0 bridgehead atoms. The molecule has 0 unspecified atom stereocenters. The highest BCUT2D eigenvalue weighted by atomic mass is 79.9. The smallest absolute Gasteiger partial charge is 0.235 e. The van der Waals surface area contributed by atoms with E-state index >= 15 is 0 Å². The average molecular weight is 311 g/mol. The standard InChI is InChI=1S/C10H10BrCl2NO/c1-6(14-10(15)5-12)8-3-2-7(13)4-9(8)11/h2-4,6H,5H2,1H3,(H,14,15)/t6-/m1/s1. The summed E-state index contributed by atoms with van der Waals surface area (Å²) < 4.78 is 0.873. The first-order chi connectivity index (χ1) is 7.04. The molecule has 1 aromatic carbocycles. The zero-order chi connectivity index (χ0) is 11.4. The van der Waals surface area contributed by atoms with Gasteiger partial charge in [0.05, 0.1) is 6.04 Å². The zero-order valence-corrected chi connectivity index (χ0v) is 11.2. The van der Waals surface area contributed by atoms with Crippen LogP contribution in [0.15, 0.2) is 22.7 Å². The molecule has 0 spiro atoms. The second-order valence-electron chi connectivity index (χ2n) is 3.09. The van der Waals surface area contributed by atoms with Crippen molar-refractivity contribution in [3.05, 3.63) is 33.3 Å². The summed E-state index contributed by atoms with van der Waals surface area (Å²) in [6.07, 6.45) is 0. The van der Waals surface area contributed by atoms with Gasteiger partial charge in [-0.15, -0.1) is 11.6 Å². The van der Waals surface area contributed by atoms with Gasteiger partial charge in [0.1, 0.15) is 5.88 Å². The fourth-order valence-electron chi connectivity index (χ4n) is 1.21. The molecule has 0 saturated carbocycles. The lowest BCUT2D eigenvalue weighted by molar-refractivity contribution is -0.119. The van der Waals surface area contributed by atoms with Crippen LogP contribution in [-0.2, 0) is 4.79 Å². The highest BCUT2D eigenvalue weighted by Crippen LogP contribution is 2.26. The van der Waals surface area contributed by atoms with Crippen molar-refractivity contribution in [3.63, 3.8) is 0 Å². The lowest BCUT2D eigenvalue weighted by Gasteiger charge is -2.15. The minimum absolute atomic E-state index is 0.0322. The summed E-state index contributed by atoms with van der Waals surface area (Å²) in [6.45, 7) is 1.89. The lowest BCUT2D eigenvalue weighted by Crippen LogP contribution is -2.27. The van der Waals surface area contributed by atoms with Crippen LogP contribution in [0.3, 0.4) is 0 Å². The minimum atomic E-state index is -0.189. The average Bonchev–Trinajstić information content (AvgIpc) is 2.17. The van der Waals surface area contributed by atoms with E-state index in [9.17, 15) is 4.79 Å². The summed E-state index contributed by atoms with van der Waals surface area (Å²) in [7, 11) is 0. The Bertz CT molecular complexity index is 370. The normalized spacial score (nSPS) is 12.3. The van der Waals surface area contributed by atoms with Gasteiger partial charge in [-0.3, -0.25) is 4.79 Å². The Morgan fingerprint density at radius 3 is 2.80 bits per heavy atom. The van der Waals surface area contributed by atoms with E-state index in [2.05, 4.69) is 21.2 Å². The summed E-state index contributed by atoms with van der Waals surface area (Å²) in [5.74, 6) is -0.221. The first-order valence-electron chi connectivity index (χ1n) is 4.35. The Labute approximate surface area is 107 Å². The van der Waals surface area contributed by atoms with Crippen molar-refractivity contribution in [2.75, 3.05) is 5.88 Å². The number of halogens is 3. The van der Waals surface area contributed by atoms with Gasteiger partial charge in [0.15, 0.2) is 0 Å². The quantitative estimate of drug-likeness (QED) is 0.850. The lowest BCUT2D eigenvalue weighted by atomic mass is 10.1. The van der Waals surface area contributed by atoms with Crippen molar-refractivity contribution in [1.29, 1.82) is 0 Å². The van der Waals surface area contributed by atoms with E-state index in [0.29, 0.717) is 5.02 Å². The molecule has 15 heavy (non-hydrogen) atoms. The predicted octanol–water partition coefficient (Wildman–Crippen LogP) is 3.52. The molecule has 1 amide bonds. The van der Waals surface area contributed by atoms with Gasteiger partial charge >= 0.3 is 0 Å². The fourth-order valence-corrected chi connectivity index (χ4v) is 2.31. The largest absolute Gasteiger partial charge is 0.349 e. The Morgan fingerprint density at radius 2 is 2.27 bits per heavy atom. The number of carbonyl (C=O) groups excluding carboxylic acids is 1. The summed E-state index contributed by atoms with van der Waals surface area (Å²) in [5, 5.41) is 3.42. The molecule has 0 aliphatic carbocycles. The van der Waals surface area contributed by atoms with Crippen molar-refractivity contribution in [3.8, 4) is 0 Å². The Hall–Kier alpha value is -0.250. The van der Waals surface area contributed by atoms with Crippen molar-refractivity contribution in [2.45, 2.75) is 13.0 Å². The molecule has 1 rings (SSSR count). The summed E-state index contributed by atoms with van der Waals surface area (Å²) in [6, 6.07) is 5.35. The molecule has 1 atom stereocenters. The van der Waals surface area contributed by atoms with Crippen molar-refractivity contribution < 1.29 is 4.79 Å². The molecule has 2 nitrogen and oxygen atoms in total. The van der Waals surface area contributed by atoms with E-state index in [-0.39, 0.29) is 17.8 Å². The van der Waals surface area contributed by atoms with Gasteiger partial charge in [-0.2, -0.15) is 0 Å². The van der Waals surface area contributed by atoms with Gasteiger partial charge < -0.3 is 5.32 Å². The van der Waals surface area contributed by atoms with Crippen molar-refractivity contribution in [1.82, 2.24) is 5.32 Å². The fraction of sp³-hybridized carbons (Fsp3) is 0.300. The molecule has 0 saturated heterocycles. The Balaban J connectivity index is 2.82. The number of hydrogen-bond donors (Lipinski definition) is 1. The van der Waals surface area contributed by atoms with Crippen LogP contribution >= 0.6 is 39.1 Å². The third-order valence-corrected chi connectivity index (χ3v) is 3.09. The topological polar surface area (TPSA) is 29.1 Å². The number of benzene rings is 1. The predicted molar refractivity (Wildman–Crippen MR) is 66.4 cm³/mol. The van der Waals surface area contributed by atoms with Crippen LogP contribution in [0.25, 0.3) is 0 Å². The molecular weight excluding hydrogens is 301 g/mol. The maximum atomic E-state index is 11.1. The molecule has 0 aromatic heterocycles. The van der Waals surface area contributed by atoms with Crippen molar-refractivity contribution in [2.24, 2.45) is 0 Å². The van der Waals surface area contributed by atoms with E-state index < -0.39 is 0 Å². The van der Waals surface area contributed by atoms with Gasteiger partial charge in [0.2, 0.25) is 5.91 Å². The van der Waals surface area contributed by atoms with Crippen LogP contribution in [0.2, 0.25) is 5.02 Å². The third-order valence-electron chi connectivity index (χ3n) is 1.93. The maximum absolute atomic E-state index is 11.1. The highest BCUT2D eigenvalue weighted by molar-refractivity contribution is 9.10. The van der Waals surface area contributed by atoms with Gasteiger partial charge in [-0.25, -0.2) is 0 Å². The van der Waals surface area contributed by atoms with Crippen molar-refractivity contribution >= 4 is 45.0 Å². The first-order valence-corrected chi connectivity index (χ1v) is 6.05. The molecule has 0 radical (unpaired) electrons. The highest BCUT2D eigenvalue weighted by Gasteiger charge is 2.11. The van der Waals surface area contributed by atoms with Crippen LogP contribution in [0.4, 0.5) is 0 Å². The Kier molecular flexibility index (Phi) is 4.90. The summed E-state index contributed by atoms with van der Waals surface area (Å²) >= 11 is 14.6. The monoisotopic (exact) mass is 309 g/mol. The minimum Gasteiger partial charge on any atom is -0.349 e. The molecule has 0 aliphatic heterocycles. The van der Waals surface area contributed by atoms with E-state index in [0.717, 1.165) is 10.0 Å². The van der Waals surface area contributed by atoms with Crippen LogP contribution in [0.1, 0.15) is 18.5 Å². The summed E-state index contributed by atoms with van der Waals surface area (Å²) in [5.41, 5.74) is 0.970. The third kappa shape index (κ3) is 3.67. The number of rotatable bonds is 3. The molecule has 0 heterocycles. The van der Waals surface area contributed by atoms with Gasteiger partial charge in [-0.05, 0) is 24.6 Å². The van der Waals surface area contributed by atoms with Crippen LogP contribution in [-0.4, -0.2) is 11.8 Å². The molecule has 0 aliphatic rings. The van der Waals surface area contributed by atoms with Gasteiger partial charge in [0, 0.05) is 9.50 Å². The number of alkyl halides is 1. The van der Waals surface area contributed by atoms with E-state index in [4.69, 9.17) is 23.2 Å². The number of carbonyl (C=O) groups is 1. The first kappa shape index (κ1) is 12.8. The molecular formula is C10H10BrCl2NO. The maximum Gasteiger partial charge on any atom is 0.235 e. The van der Waals surface area contributed by atoms with E-state index in [1.807, 2.05) is 13.0 Å². The number of amides is 1. The molecule has 82 valence electrons. The van der Waals surface area contributed by atoms with Crippen LogP contribution < -0.4 is 5.32 Å². The number of nitrogens with one attached hydrogen (secondary N) is 1. The second-order valence-corrected chi connectivity index (χ2v) is 4.65. The number of hydrogen-bond acceptors (Lipinski definition) is 1. The van der Waals surface area contributed by atoms with Crippen LogP contribution in [0, 0.1) is 0 Å². The molecule has 5 heteroatoms. The SMILES string of the molecule is C[C@@H](NC(=O)CCl)c1ccc(Cl)cc1Br. The second kappa shape index (κ2) is 5.73. The van der Waals surface area contributed by atoms with Gasteiger partial charge in [-0.1, -0.05) is 33.6 Å². The van der Waals surface area contributed by atoms with E-state index in [1.165, 1.54) is 0 Å². The van der Waals surface area contributed by atoms with Gasteiger partial charge in [0.25, 0.3) is 0 Å². The van der Waals surface area contributed by atoms with E-state index in [1.54, 1.807) is 12.1 Å².